The summed E-state index contributed by atoms with van der Waals surface area (Å²) in [6, 6.07) is 6.42. The smallest absolute Gasteiger partial charge is 0.104 e. The van der Waals surface area contributed by atoms with Crippen LogP contribution in [0.1, 0.15) is 45.0 Å². The molecule has 2 nitrogen and oxygen atoms in total. The van der Waals surface area contributed by atoms with E-state index in [2.05, 4.69) is 55.0 Å². The zero-order chi connectivity index (χ0) is 15.4. The van der Waals surface area contributed by atoms with Crippen molar-refractivity contribution in [3.63, 3.8) is 0 Å². The number of allylic oxidation sites excluding steroid dienone is 4. The standard InChI is InChI=1S/C18H23ClN2/c1-12(2)16(19)9-6-13(3)5-7-15-8-10-17-18(11-15)21-14(4)20-17/h5,8,10-11H,6-7,9H2,1-4H3,(H,20,21)/b13-5+. The number of imidazole rings is 1. The van der Waals surface area contributed by atoms with Gasteiger partial charge in [-0.3, -0.25) is 0 Å². The molecule has 1 heterocycles. The maximum Gasteiger partial charge on any atom is 0.104 e. The normalized spacial score (nSPS) is 12.0. The van der Waals surface area contributed by atoms with Crippen LogP contribution >= 0.6 is 11.6 Å². The molecule has 1 aromatic carbocycles. The Morgan fingerprint density at radius 1 is 1.24 bits per heavy atom. The predicted octanol–water partition coefficient (Wildman–Crippen LogP) is 5.67. The molecule has 0 unspecified atom stereocenters. The first-order chi connectivity index (χ1) is 9.95. The molecule has 1 aromatic heterocycles. The Labute approximate surface area is 131 Å². The minimum absolute atomic E-state index is 0.934. The molecule has 0 aliphatic rings. The lowest BCUT2D eigenvalue weighted by Crippen LogP contribution is -1.86. The lowest BCUT2D eigenvalue weighted by Gasteiger charge is -2.03. The zero-order valence-electron chi connectivity index (χ0n) is 13.3. The number of fused-ring (bicyclic) bond motifs is 1. The molecule has 0 saturated heterocycles. The van der Waals surface area contributed by atoms with Crippen LogP contribution in [0.15, 0.2) is 40.5 Å². The van der Waals surface area contributed by atoms with Crippen LogP contribution in [0.2, 0.25) is 0 Å². The minimum Gasteiger partial charge on any atom is -0.342 e. The molecule has 0 aliphatic heterocycles. The second-order valence-corrected chi connectivity index (χ2v) is 6.29. The zero-order valence-corrected chi connectivity index (χ0v) is 14.0. The van der Waals surface area contributed by atoms with E-state index in [-0.39, 0.29) is 0 Å². The molecule has 0 bridgehead atoms. The number of nitrogens with one attached hydrogen (secondary N) is 1. The number of aryl methyl sites for hydroxylation is 1. The predicted molar refractivity (Wildman–Crippen MR) is 91.8 cm³/mol. The van der Waals surface area contributed by atoms with Gasteiger partial charge in [0, 0.05) is 5.03 Å². The topological polar surface area (TPSA) is 28.7 Å². The average Bonchev–Trinajstić information content (AvgIpc) is 2.81. The lowest BCUT2D eigenvalue weighted by atomic mass is 10.1. The van der Waals surface area contributed by atoms with Crippen molar-refractivity contribution >= 4 is 22.6 Å². The third-order valence-corrected chi connectivity index (χ3v) is 4.20. The summed E-state index contributed by atoms with van der Waals surface area (Å²) in [4.78, 5) is 7.73. The largest absolute Gasteiger partial charge is 0.342 e. The van der Waals surface area contributed by atoms with E-state index in [4.69, 9.17) is 11.6 Å². The van der Waals surface area contributed by atoms with Crippen molar-refractivity contribution in [2.24, 2.45) is 0 Å². The number of aromatic amines is 1. The van der Waals surface area contributed by atoms with Crippen molar-refractivity contribution in [3.8, 4) is 0 Å². The molecule has 0 fully saturated rings. The molecule has 0 atom stereocenters. The minimum atomic E-state index is 0.934. The maximum atomic E-state index is 6.19. The SMILES string of the molecule is CC(C)=C(Cl)CC/C(C)=C/Cc1ccc2[nH]c(C)nc2c1. The van der Waals surface area contributed by atoms with Gasteiger partial charge in [0.1, 0.15) is 5.82 Å². The molecule has 1 N–H and O–H groups in total. The fourth-order valence-electron chi connectivity index (χ4n) is 2.26. The van der Waals surface area contributed by atoms with Gasteiger partial charge in [0.25, 0.3) is 0 Å². The maximum absolute atomic E-state index is 6.19. The highest BCUT2D eigenvalue weighted by molar-refractivity contribution is 6.29. The van der Waals surface area contributed by atoms with Crippen molar-refractivity contribution in [2.45, 2.75) is 47.0 Å². The molecule has 3 heteroatoms. The molecule has 21 heavy (non-hydrogen) atoms. The lowest BCUT2D eigenvalue weighted by molar-refractivity contribution is 0.941. The molecule has 2 aromatic rings. The quantitative estimate of drug-likeness (QED) is 0.708. The van der Waals surface area contributed by atoms with Crippen LogP contribution in [0.4, 0.5) is 0 Å². The van der Waals surface area contributed by atoms with E-state index in [1.807, 2.05) is 6.92 Å². The molecule has 0 spiro atoms. The Morgan fingerprint density at radius 3 is 2.71 bits per heavy atom. The third kappa shape index (κ3) is 4.47. The van der Waals surface area contributed by atoms with Crippen LogP contribution in [0.3, 0.4) is 0 Å². The molecule has 2 rings (SSSR count). The van der Waals surface area contributed by atoms with Gasteiger partial charge < -0.3 is 4.98 Å². The van der Waals surface area contributed by atoms with Crippen molar-refractivity contribution in [3.05, 3.63) is 51.8 Å². The van der Waals surface area contributed by atoms with Gasteiger partial charge in [-0.25, -0.2) is 4.98 Å². The first kappa shape index (κ1) is 15.8. The Bertz CT molecular complexity index is 688. The van der Waals surface area contributed by atoms with Gasteiger partial charge >= 0.3 is 0 Å². The summed E-state index contributed by atoms with van der Waals surface area (Å²) < 4.78 is 0. The summed E-state index contributed by atoms with van der Waals surface area (Å²) >= 11 is 6.19. The number of hydrogen-bond acceptors (Lipinski definition) is 1. The van der Waals surface area contributed by atoms with E-state index in [0.717, 1.165) is 41.2 Å². The fraction of sp³-hybridized carbons (Fsp3) is 0.389. The van der Waals surface area contributed by atoms with Gasteiger partial charge in [0.2, 0.25) is 0 Å². The van der Waals surface area contributed by atoms with Crippen LogP contribution in [0.25, 0.3) is 11.0 Å². The highest BCUT2D eigenvalue weighted by Gasteiger charge is 2.01. The van der Waals surface area contributed by atoms with Gasteiger partial charge in [0.05, 0.1) is 11.0 Å². The van der Waals surface area contributed by atoms with E-state index < -0.39 is 0 Å². The molecule has 0 aliphatic carbocycles. The number of H-pyrrole nitrogens is 1. The Kier molecular flexibility index (Phi) is 5.24. The molecule has 0 saturated carbocycles. The Balaban J connectivity index is 1.99. The molecular formula is C18H23ClN2. The van der Waals surface area contributed by atoms with E-state index >= 15 is 0 Å². The monoisotopic (exact) mass is 302 g/mol. The number of aromatic nitrogens is 2. The summed E-state index contributed by atoms with van der Waals surface area (Å²) in [7, 11) is 0. The molecule has 0 amide bonds. The Morgan fingerprint density at radius 2 is 2.00 bits per heavy atom. The number of nitrogens with zero attached hydrogens (tertiary/aromatic N) is 1. The molecular weight excluding hydrogens is 280 g/mol. The summed E-state index contributed by atoms with van der Waals surface area (Å²) in [5, 5.41) is 0.983. The summed E-state index contributed by atoms with van der Waals surface area (Å²) in [6.45, 7) is 8.27. The van der Waals surface area contributed by atoms with Gasteiger partial charge in [-0.05, 0) is 64.7 Å². The van der Waals surface area contributed by atoms with Gasteiger partial charge in [-0.2, -0.15) is 0 Å². The first-order valence-corrected chi connectivity index (χ1v) is 7.76. The van der Waals surface area contributed by atoms with Crippen LogP contribution in [-0.4, -0.2) is 9.97 Å². The third-order valence-electron chi connectivity index (χ3n) is 3.63. The van der Waals surface area contributed by atoms with Crippen LogP contribution in [0, 0.1) is 6.92 Å². The summed E-state index contributed by atoms with van der Waals surface area (Å²) in [6.07, 6.45) is 5.19. The molecule has 0 radical (unpaired) electrons. The van der Waals surface area contributed by atoms with Crippen LogP contribution in [-0.2, 0) is 6.42 Å². The van der Waals surface area contributed by atoms with Crippen LogP contribution < -0.4 is 0 Å². The summed E-state index contributed by atoms with van der Waals surface area (Å²) in [5.41, 5.74) is 6.04. The van der Waals surface area contributed by atoms with E-state index in [9.17, 15) is 0 Å². The van der Waals surface area contributed by atoms with Crippen molar-refractivity contribution < 1.29 is 0 Å². The van der Waals surface area contributed by atoms with Gasteiger partial charge in [0.15, 0.2) is 0 Å². The highest BCUT2D eigenvalue weighted by atomic mass is 35.5. The summed E-state index contributed by atoms with van der Waals surface area (Å²) in [5.74, 6) is 0.963. The fourth-order valence-corrected chi connectivity index (χ4v) is 2.35. The second kappa shape index (κ2) is 6.95. The number of benzene rings is 1. The van der Waals surface area contributed by atoms with Gasteiger partial charge in [-0.1, -0.05) is 34.9 Å². The van der Waals surface area contributed by atoms with Crippen LogP contribution in [0.5, 0.6) is 0 Å². The highest BCUT2D eigenvalue weighted by Crippen LogP contribution is 2.19. The molecule has 112 valence electrons. The Hall–Kier alpha value is -1.54. The van der Waals surface area contributed by atoms with E-state index in [0.29, 0.717) is 0 Å². The van der Waals surface area contributed by atoms with E-state index in [1.54, 1.807) is 0 Å². The van der Waals surface area contributed by atoms with Gasteiger partial charge in [-0.15, -0.1) is 0 Å². The number of rotatable bonds is 5. The first-order valence-electron chi connectivity index (χ1n) is 7.38. The average molecular weight is 303 g/mol. The second-order valence-electron chi connectivity index (χ2n) is 5.83. The van der Waals surface area contributed by atoms with Crippen molar-refractivity contribution in [1.29, 1.82) is 0 Å². The van der Waals surface area contributed by atoms with Crippen molar-refractivity contribution in [1.82, 2.24) is 9.97 Å². The van der Waals surface area contributed by atoms with Crippen molar-refractivity contribution in [2.75, 3.05) is 0 Å². The van der Waals surface area contributed by atoms with E-state index in [1.165, 1.54) is 16.7 Å². The number of halogens is 1. The number of hydrogen-bond donors (Lipinski definition) is 1.